The van der Waals surface area contributed by atoms with Gasteiger partial charge in [-0.2, -0.15) is 0 Å². The van der Waals surface area contributed by atoms with Gasteiger partial charge >= 0.3 is 0 Å². The third-order valence-electron chi connectivity index (χ3n) is 5.67. The largest absolute Gasteiger partial charge is 0.350 e. The van der Waals surface area contributed by atoms with Crippen molar-refractivity contribution >= 4 is 50.5 Å². The first-order chi connectivity index (χ1) is 14.9. The lowest BCUT2D eigenvalue weighted by atomic mass is 10.1. The molecule has 0 bridgehead atoms. The third kappa shape index (κ3) is 4.79. The highest BCUT2D eigenvalue weighted by Crippen LogP contribution is 2.30. The summed E-state index contributed by atoms with van der Waals surface area (Å²) in [4.78, 5) is 28.4. The van der Waals surface area contributed by atoms with Crippen molar-refractivity contribution < 1.29 is 18.0 Å². The number of sulfonamides is 1. The molecule has 0 spiro atoms. The van der Waals surface area contributed by atoms with Crippen LogP contribution < -0.4 is 9.62 Å². The summed E-state index contributed by atoms with van der Waals surface area (Å²) in [6, 6.07) is 8.49. The number of likely N-dealkylation sites (tertiary alicyclic amines) is 1. The summed E-state index contributed by atoms with van der Waals surface area (Å²) in [7, 11) is -3.68. The Morgan fingerprint density at radius 2 is 1.97 bits per heavy atom. The molecule has 10 heteroatoms. The summed E-state index contributed by atoms with van der Waals surface area (Å²) in [5.74, 6) is -1.04. The average Bonchev–Trinajstić information content (AvgIpc) is 3.36. The minimum atomic E-state index is -3.68. The Morgan fingerprint density at radius 3 is 2.58 bits per heavy atom. The Hall–Kier alpha value is -1.94. The maximum atomic E-state index is 12.8. The number of carbonyl (C=O) groups excluding carboxylic acids is 2. The molecule has 1 atom stereocenters. The minimum Gasteiger partial charge on any atom is -0.350 e. The maximum absolute atomic E-state index is 12.8. The van der Waals surface area contributed by atoms with Gasteiger partial charge in [0.15, 0.2) is 0 Å². The Bertz CT molecular complexity index is 1070. The highest BCUT2D eigenvalue weighted by molar-refractivity contribution is 7.94. The fourth-order valence-electron chi connectivity index (χ4n) is 4.09. The quantitative estimate of drug-likeness (QED) is 0.683. The number of carbonyl (C=O) groups is 2. The second-order valence-corrected chi connectivity index (χ2v) is 11.0. The normalized spacial score (nSPS) is 20.0. The fourth-order valence-corrected chi connectivity index (χ4v) is 6.66. The van der Waals surface area contributed by atoms with E-state index in [4.69, 9.17) is 11.6 Å². The van der Waals surface area contributed by atoms with E-state index >= 15 is 0 Å². The van der Waals surface area contributed by atoms with E-state index in [-0.39, 0.29) is 40.4 Å². The molecule has 2 aliphatic rings. The van der Waals surface area contributed by atoms with E-state index in [0.29, 0.717) is 6.54 Å². The molecule has 1 aromatic carbocycles. The fraction of sp³-hybridized carbons (Fsp3) is 0.429. The van der Waals surface area contributed by atoms with Crippen molar-refractivity contribution in [2.24, 2.45) is 0 Å². The number of hydrogen-bond acceptors (Lipinski definition) is 6. The molecule has 2 saturated heterocycles. The highest BCUT2D eigenvalue weighted by atomic mass is 35.5. The van der Waals surface area contributed by atoms with Gasteiger partial charge in [0, 0.05) is 17.8 Å². The summed E-state index contributed by atoms with van der Waals surface area (Å²) >= 11 is 7.98. The van der Waals surface area contributed by atoms with Crippen LogP contribution in [0, 0.1) is 0 Å². The third-order valence-corrected chi connectivity index (χ3v) is 8.65. The van der Waals surface area contributed by atoms with E-state index < -0.39 is 15.9 Å². The number of halogens is 1. The van der Waals surface area contributed by atoms with Gasteiger partial charge in [0.25, 0.3) is 5.91 Å². The predicted molar refractivity (Wildman–Crippen MR) is 122 cm³/mol. The first-order valence-corrected chi connectivity index (χ1v) is 13.1. The van der Waals surface area contributed by atoms with E-state index in [0.717, 1.165) is 30.2 Å². The number of anilines is 1. The van der Waals surface area contributed by atoms with Crippen LogP contribution in [0.15, 0.2) is 35.7 Å². The van der Waals surface area contributed by atoms with Crippen molar-refractivity contribution in [1.82, 2.24) is 10.2 Å². The van der Waals surface area contributed by atoms with Gasteiger partial charge in [0.2, 0.25) is 15.9 Å². The second-order valence-electron chi connectivity index (χ2n) is 7.73. The van der Waals surface area contributed by atoms with Gasteiger partial charge in [-0.15, -0.1) is 11.3 Å². The van der Waals surface area contributed by atoms with Crippen molar-refractivity contribution in [3.8, 4) is 0 Å². The number of thiophene rings is 1. The Balaban J connectivity index is 1.48. The molecule has 2 amide bonds. The molecule has 1 N–H and O–H groups in total. The number of rotatable bonds is 6. The minimum absolute atomic E-state index is 0.0528. The molecular formula is C21H24ClN3O4S2. The number of amides is 2. The van der Waals surface area contributed by atoms with Crippen molar-refractivity contribution in [1.29, 1.82) is 0 Å². The molecule has 4 rings (SSSR count). The van der Waals surface area contributed by atoms with E-state index in [1.807, 2.05) is 11.4 Å². The summed E-state index contributed by atoms with van der Waals surface area (Å²) in [5.41, 5.74) is 0.409. The van der Waals surface area contributed by atoms with Gasteiger partial charge in [-0.05, 0) is 55.6 Å². The van der Waals surface area contributed by atoms with Gasteiger partial charge in [-0.25, -0.2) is 12.7 Å². The molecule has 2 aliphatic heterocycles. The standard InChI is InChI=1S/C21H24ClN3O4S2/c22-17-13-15(25-20(26)8-12-31(25,28)29)6-7-16(17)21(27)23-14-18(19-5-4-11-30-19)24-9-2-1-3-10-24/h4-7,11,13,18H,1-3,8-10,12,14H2,(H,23,27). The monoisotopic (exact) mass is 481 g/mol. The highest BCUT2D eigenvalue weighted by Gasteiger charge is 2.36. The van der Waals surface area contributed by atoms with Gasteiger partial charge < -0.3 is 5.32 Å². The Kier molecular flexibility index (Phi) is 6.66. The van der Waals surface area contributed by atoms with Crippen molar-refractivity contribution in [2.75, 3.05) is 29.7 Å². The summed E-state index contributed by atoms with van der Waals surface area (Å²) in [6.45, 7) is 2.47. The molecule has 7 nitrogen and oxygen atoms in total. The molecule has 1 aromatic heterocycles. The van der Waals surface area contributed by atoms with Gasteiger partial charge in [0.1, 0.15) is 0 Å². The van der Waals surface area contributed by atoms with Gasteiger partial charge in [-0.3, -0.25) is 14.5 Å². The van der Waals surface area contributed by atoms with Crippen LogP contribution in [0.5, 0.6) is 0 Å². The van der Waals surface area contributed by atoms with Crippen molar-refractivity contribution in [3.63, 3.8) is 0 Å². The lowest BCUT2D eigenvalue weighted by molar-refractivity contribution is -0.116. The summed E-state index contributed by atoms with van der Waals surface area (Å²) in [6.07, 6.45) is 3.49. The van der Waals surface area contributed by atoms with Crippen molar-refractivity contribution in [2.45, 2.75) is 31.7 Å². The maximum Gasteiger partial charge on any atom is 0.252 e. The van der Waals surface area contributed by atoms with Crippen LogP contribution in [0.1, 0.15) is 47.0 Å². The summed E-state index contributed by atoms with van der Waals surface area (Å²) < 4.78 is 25.0. The van der Waals surface area contributed by atoms with Crippen molar-refractivity contribution in [3.05, 3.63) is 51.2 Å². The van der Waals surface area contributed by atoms with Crippen LogP contribution in [-0.2, 0) is 14.8 Å². The lowest BCUT2D eigenvalue weighted by Crippen LogP contribution is -2.40. The Labute approximate surface area is 191 Å². The van der Waals surface area contributed by atoms with Crippen LogP contribution in [0.3, 0.4) is 0 Å². The van der Waals surface area contributed by atoms with Crippen LogP contribution in [0.4, 0.5) is 5.69 Å². The molecule has 2 fully saturated rings. The zero-order valence-electron chi connectivity index (χ0n) is 16.9. The topological polar surface area (TPSA) is 86.8 Å². The first kappa shape index (κ1) is 22.3. The Morgan fingerprint density at radius 1 is 1.19 bits per heavy atom. The molecule has 2 aromatic rings. The molecule has 0 aliphatic carbocycles. The predicted octanol–water partition coefficient (Wildman–Crippen LogP) is 3.43. The van der Waals surface area contributed by atoms with E-state index in [1.165, 1.54) is 29.5 Å². The van der Waals surface area contributed by atoms with Gasteiger partial charge in [0.05, 0.1) is 28.1 Å². The van der Waals surface area contributed by atoms with E-state index in [2.05, 4.69) is 16.3 Å². The van der Waals surface area contributed by atoms with E-state index in [1.54, 1.807) is 11.3 Å². The zero-order valence-corrected chi connectivity index (χ0v) is 19.3. The molecule has 31 heavy (non-hydrogen) atoms. The number of hydrogen-bond donors (Lipinski definition) is 1. The lowest BCUT2D eigenvalue weighted by Gasteiger charge is -2.34. The van der Waals surface area contributed by atoms with Crippen LogP contribution >= 0.6 is 22.9 Å². The average molecular weight is 482 g/mol. The smallest absolute Gasteiger partial charge is 0.252 e. The number of nitrogens with zero attached hydrogens (tertiary/aromatic N) is 2. The molecule has 0 saturated carbocycles. The molecule has 0 radical (unpaired) electrons. The van der Waals surface area contributed by atoms with Gasteiger partial charge in [-0.1, -0.05) is 24.1 Å². The van der Waals surface area contributed by atoms with Crippen LogP contribution in [-0.4, -0.2) is 50.5 Å². The van der Waals surface area contributed by atoms with Crippen LogP contribution in [0.2, 0.25) is 5.02 Å². The number of nitrogens with one attached hydrogen (secondary N) is 1. The first-order valence-electron chi connectivity index (χ1n) is 10.3. The molecule has 3 heterocycles. The SMILES string of the molecule is O=C(NCC(c1cccs1)N1CCCCC1)c1ccc(N2C(=O)CCS2(=O)=O)cc1Cl. The van der Waals surface area contributed by atoms with Crippen LogP contribution in [0.25, 0.3) is 0 Å². The number of piperidine rings is 1. The molecule has 166 valence electrons. The zero-order chi connectivity index (χ0) is 22.0. The van der Waals surface area contributed by atoms with E-state index in [9.17, 15) is 18.0 Å². The molecule has 1 unspecified atom stereocenters. The second kappa shape index (κ2) is 9.28. The number of benzene rings is 1. The summed E-state index contributed by atoms with van der Waals surface area (Å²) in [5, 5.41) is 5.13. The molecular weight excluding hydrogens is 458 g/mol.